The first kappa shape index (κ1) is 19.6. The van der Waals surface area contributed by atoms with Gasteiger partial charge in [0, 0.05) is 45.3 Å². The van der Waals surface area contributed by atoms with Crippen molar-refractivity contribution in [1.29, 1.82) is 0 Å². The van der Waals surface area contributed by atoms with E-state index in [1.165, 1.54) is 0 Å². The second kappa shape index (κ2) is 7.58. The third-order valence-electron chi connectivity index (χ3n) is 4.89. The summed E-state index contributed by atoms with van der Waals surface area (Å²) in [6.45, 7) is 10.7. The summed E-state index contributed by atoms with van der Waals surface area (Å²) in [4.78, 5) is 27.2. The first-order valence-electron chi connectivity index (χ1n) is 9.93. The largest absolute Gasteiger partial charge is 0.444 e. The van der Waals surface area contributed by atoms with Crippen LogP contribution in [0.4, 0.5) is 22.3 Å². The number of hydrogen-bond acceptors (Lipinski definition) is 9. The zero-order chi connectivity index (χ0) is 20.6. The smallest absolute Gasteiger partial charge is 0.410 e. The topological polar surface area (TPSA) is 110 Å². The maximum atomic E-state index is 12.2. The molecule has 2 aliphatic heterocycles. The van der Waals surface area contributed by atoms with E-state index in [0.29, 0.717) is 62.3 Å². The molecule has 4 rings (SSSR count). The lowest BCUT2D eigenvalue weighted by Gasteiger charge is -2.34. The molecule has 0 atom stereocenters. The van der Waals surface area contributed by atoms with Crippen LogP contribution in [-0.4, -0.2) is 79.0 Å². The first-order chi connectivity index (χ1) is 13.8. The first-order valence-corrected chi connectivity index (χ1v) is 9.93. The highest BCUT2D eigenvalue weighted by Gasteiger charge is 2.28. The number of carbonyl (C=O) groups is 1. The van der Waals surface area contributed by atoms with Crippen LogP contribution in [0.1, 0.15) is 20.8 Å². The molecule has 2 aliphatic rings. The van der Waals surface area contributed by atoms with Crippen molar-refractivity contribution in [3.63, 3.8) is 0 Å². The van der Waals surface area contributed by atoms with Gasteiger partial charge in [0.25, 0.3) is 6.01 Å². The van der Waals surface area contributed by atoms with Crippen LogP contribution in [0.3, 0.4) is 0 Å². The molecule has 4 heterocycles. The SMILES string of the molecule is CC(C)(C)OC(=O)N1CCN(c2nc3nc(N4CCOCC4)c(N)cc3o2)CC1. The van der Waals surface area contributed by atoms with Crippen molar-refractivity contribution < 1.29 is 18.7 Å². The van der Waals surface area contributed by atoms with Gasteiger partial charge in [-0.05, 0) is 20.8 Å². The Morgan fingerprint density at radius 2 is 1.76 bits per heavy atom. The number of nitrogens with zero attached hydrogens (tertiary/aromatic N) is 5. The second-order valence-electron chi connectivity index (χ2n) is 8.27. The minimum absolute atomic E-state index is 0.292. The third kappa shape index (κ3) is 4.31. The van der Waals surface area contributed by atoms with E-state index in [2.05, 4.69) is 14.9 Å². The molecule has 2 aromatic heterocycles. The van der Waals surface area contributed by atoms with Gasteiger partial charge in [-0.2, -0.15) is 4.98 Å². The molecular weight excluding hydrogens is 376 g/mol. The van der Waals surface area contributed by atoms with Crippen LogP contribution in [0, 0.1) is 0 Å². The van der Waals surface area contributed by atoms with Crippen molar-refractivity contribution in [3.05, 3.63) is 6.07 Å². The van der Waals surface area contributed by atoms with Crippen LogP contribution >= 0.6 is 0 Å². The maximum absolute atomic E-state index is 12.2. The average molecular weight is 404 g/mol. The minimum Gasteiger partial charge on any atom is -0.444 e. The van der Waals surface area contributed by atoms with Crippen LogP contribution in [0.25, 0.3) is 11.2 Å². The standard InChI is InChI=1S/C19H28N6O4/c1-19(2,3)29-18(26)25-6-4-24(5-7-25)17-22-15-14(28-17)12-13(20)16(21-15)23-8-10-27-11-9-23/h12H,4-11,20H2,1-3H3. The molecule has 29 heavy (non-hydrogen) atoms. The highest BCUT2D eigenvalue weighted by Crippen LogP contribution is 2.29. The molecule has 2 fully saturated rings. The monoisotopic (exact) mass is 404 g/mol. The molecule has 10 heteroatoms. The molecule has 0 unspecified atom stereocenters. The lowest BCUT2D eigenvalue weighted by atomic mass is 10.2. The average Bonchev–Trinajstić information content (AvgIpc) is 3.09. The van der Waals surface area contributed by atoms with Crippen LogP contribution < -0.4 is 15.5 Å². The Morgan fingerprint density at radius 1 is 1.07 bits per heavy atom. The van der Waals surface area contributed by atoms with Crippen molar-refractivity contribution in [2.75, 3.05) is 68.0 Å². The minimum atomic E-state index is -0.502. The molecule has 1 amide bonds. The zero-order valence-electron chi connectivity index (χ0n) is 17.2. The zero-order valence-corrected chi connectivity index (χ0v) is 17.2. The number of morpholine rings is 1. The van der Waals surface area contributed by atoms with Gasteiger partial charge in [0.2, 0.25) is 5.65 Å². The van der Waals surface area contributed by atoms with Gasteiger partial charge in [-0.25, -0.2) is 9.78 Å². The number of anilines is 3. The van der Waals surface area contributed by atoms with E-state index >= 15 is 0 Å². The molecule has 158 valence electrons. The van der Waals surface area contributed by atoms with E-state index in [1.807, 2.05) is 25.7 Å². The predicted molar refractivity (Wildman–Crippen MR) is 109 cm³/mol. The van der Waals surface area contributed by atoms with Gasteiger partial charge in [-0.1, -0.05) is 0 Å². The van der Waals surface area contributed by atoms with Crippen LogP contribution in [0.5, 0.6) is 0 Å². The Morgan fingerprint density at radius 3 is 2.41 bits per heavy atom. The molecule has 2 aromatic rings. The summed E-state index contributed by atoms with van der Waals surface area (Å²) in [5.41, 5.74) is 7.36. The molecule has 0 spiro atoms. The van der Waals surface area contributed by atoms with Crippen LogP contribution in [0.15, 0.2) is 10.5 Å². The van der Waals surface area contributed by atoms with Crippen molar-refractivity contribution in [3.8, 4) is 0 Å². The molecule has 10 nitrogen and oxygen atoms in total. The molecule has 0 saturated carbocycles. The summed E-state index contributed by atoms with van der Waals surface area (Å²) in [6, 6.07) is 2.27. The quantitative estimate of drug-likeness (QED) is 0.799. The Balaban J connectivity index is 1.46. The number of oxazole rings is 1. The Labute approximate surface area is 169 Å². The van der Waals surface area contributed by atoms with Crippen LogP contribution in [0.2, 0.25) is 0 Å². The number of rotatable bonds is 2. The summed E-state index contributed by atoms with van der Waals surface area (Å²) in [5, 5.41) is 0. The lowest BCUT2D eigenvalue weighted by Crippen LogP contribution is -2.50. The number of nitrogens with two attached hydrogens (primary N) is 1. The number of amides is 1. The van der Waals surface area contributed by atoms with Gasteiger partial charge >= 0.3 is 6.09 Å². The van der Waals surface area contributed by atoms with E-state index in [-0.39, 0.29) is 6.09 Å². The van der Waals surface area contributed by atoms with E-state index in [0.717, 1.165) is 18.9 Å². The third-order valence-corrected chi connectivity index (χ3v) is 4.89. The van der Waals surface area contributed by atoms with E-state index < -0.39 is 5.60 Å². The number of hydrogen-bond donors (Lipinski definition) is 1. The Bertz CT molecular complexity index is 879. The molecule has 0 bridgehead atoms. The molecule has 0 radical (unpaired) electrons. The van der Waals surface area contributed by atoms with Gasteiger partial charge in [0.1, 0.15) is 5.60 Å². The molecule has 0 aromatic carbocycles. The number of aromatic nitrogens is 2. The Kier molecular flexibility index (Phi) is 5.12. The fourth-order valence-electron chi connectivity index (χ4n) is 3.43. The fourth-order valence-corrected chi connectivity index (χ4v) is 3.43. The predicted octanol–water partition coefficient (Wildman–Crippen LogP) is 1.70. The van der Waals surface area contributed by atoms with Gasteiger partial charge in [-0.15, -0.1) is 0 Å². The highest BCUT2D eigenvalue weighted by atomic mass is 16.6. The fraction of sp³-hybridized carbons (Fsp3) is 0.632. The summed E-state index contributed by atoms with van der Waals surface area (Å²) >= 11 is 0. The number of nitrogen functional groups attached to an aromatic ring is 1. The van der Waals surface area contributed by atoms with Crippen molar-refractivity contribution in [1.82, 2.24) is 14.9 Å². The van der Waals surface area contributed by atoms with Crippen molar-refractivity contribution >= 4 is 34.8 Å². The molecule has 2 saturated heterocycles. The van der Waals surface area contributed by atoms with Crippen molar-refractivity contribution in [2.24, 2.45) is 0 Å². The van der Waals surface area contributed by atoms with Crippen LogP contribution in [-0.2, 0) is 9.47 Å². The lowest BCUT2D eigenvalue weighted by molar-refractivity contribution is 0.0239. The molecule has 2 N–H and O–H groups in total. The number of pyridine rings is 1. The van der Waals surface area contributed by atoms with Gasteiger partial charge in [-0.3, -0.25) is 0 Å². The summed E-state index contributed by atoms with van der Waals surface area (Å²) in [5.74, 6) is 0.718. The summed E-state index contributed by atoms with van der Waals surface area (Å²) in [6.07, 6.45) is -0.292. The van der Waals surface area contributed by atoms with Gasteiger partial charge < -0.3 is 34.3 Å². The summed E-state index contributed by atoms with van der Waals surface area (Å²) < 4.78 is 16.7. The van der Waals surface area contributed by atoms with E-state index in [1.54, 1.807) is 11.0 Å². The van der Waals surface area contributed by atoms with E-state index in [9.17, 15) is 4.79 Å². The van der Waals surface area contributed by atoms with E-state index in [4.69, 9.17) is 19.6 Å². The number of fused-ring (bicyclic) bond motifs is 1. The van der Waals surface area contributed by atoms with Crippen molar-refractivity contribution in [2.45, 2.75) is 26.4 Å². The number of piperazine rings is 1. The normalized spacial score (nSPS) is 18.4. The molecule has 0 aliphatic carbocycles. The second-order valence-corrected chi connectivity index (χ2v) is 8.27. The van der Waals surface area contributed by atoms with Gasteiger partial charge in [0.15, 0.2) is 11.4 Å². The molecular formula is C19H28N6O4. The highest BCUT2D eigenvalue weighted by molar-refractivity contribution is 5.80. The number of ether oxygens (including phenoxy) is 2. The number of carbonyl (C=O) groups excluding carboxylic acids is 1. The summed E-state index contributed by atoms with van der Waals surface area (Å²) in [7, 11) is 0. The van der Waals surface area contributed by atoms with Gasteiger partial charge in [0.05, 0.1) is 18.9 Å². The Hall–Kier alpha value is -2.75. The maximum Gasteiger partial charge on any atom is 0.410 e.